The Kier molecular flexibility index (Phi) is 4.33. The van der Waals surface area contributed by atoms with Gasteiger partial charge in [-0.3, -0.25) is 4.57 Å². The molecule has 0 amide bonds. The highest BCUT2D eigenvalue weighted by Crippen LogP contribution is 2.36. The van der Waals surface area contributed by atoms with E-state index in [4.69, 9.17) is 4.74 Å². The summed E-state index contributed by atoms with van der Waals surface area (Å²) in [6, 6.07) is 12.2. The molecule has 8 heteroatoms. The smallest absolute Gasteiger partial charge is 0.418 e. The molecule has 0 bridgehead atoms. The van der Waals surface area contributed by atoms with Gasteiger partial charge in [-0.15, -0.1) is 0 Å². The molecule has 1 aliphatic rings. The second-order valence-corrected chi connectivity index (χ2v) is 6.40. The molecule has 2 aromatic carbocycles. The average molecular weight is 387 g/mol. The van der Waals surface area contributed by atoms with Crippen LogP contribution in [0.1, 0.15) is 11.1 Å². The van der Waals surface area contributed by atoms with Gasteiger partial charge in [0.15, 0.2) is 0 Å². The number of alkyl halides is 3. The summed E-state index contributed by atoms with van der Waals surface area (Å²) in [7, 11) is 1.58. The van der Waals surface area contributed by atoms with E-state index >= 15 is 0 Å². The van der Waals surface area contributed by atoms with Gasteiger partial charge in [0, 0.05) is 18.2 Å². The Bertz CT molecular complexity index is 1110. The van der Waals surface area contributed by atoms with E-state index in [0.717, 1.165) is 17.2 Å². The van der Waals surface area contributed by atoms with Crippen molar-refractivity contribution in [1.29, 1.82) is 0 Å². The molecule has 4 rings (SSSR count). The Labute approximate surface area is 158 Å². The first-order valence-electron chi connectivity index (χ1n) is 8.59. The zero-order valence-corrected chi connectivity index (χ0v) is 14.9. The molecular weight excluding hydrogens is 371 g/mol. The van der Waals surface area contributed by atoms with E-state index in [1.54, 1.807) is 19.2 Å². The van der Waals surface area contributed by atoms with Crippen LogP contribution in [0.4, 0.5) is 24.7 Å². The molecule has 0 fully saturated rings. The predicted octanol–water partition coefficient (Wildman–Crippen LogP) is 4.24. The van der Waals surface area contributed by atoms with E-state index in [0.29, 0.717) is 24.4 Å². The third-order valence-corrected chi connectivity index (χ3v) is 4.70. The zero-order valence-electron chi connectivity index (χ0n) is 14.9. The maximum absolute atomic E-state index is 13.2. The van der Waals surface area contributed by atoms with Crippen molar-refractivity contribution in [3.63, 3.8) is 0 Å². The van der Waals surface area contributed by atoms with Crippen molar-refractivity contribution in [2.75, 3.05) is 12.4 Å². The Balaban J connectivity index is 1.79. The second kappa shape index (κ2) is 6.70. The summed E-state index contributed by atoms with van der Waals surface area (Å²) >= 11 is 0. The monoisotopic (exact) mass is 387 g/mol. The first-order chi connectivity index (χ1) is 13.4. The third-order valence-electron chi connectivity index (χ3n) is 4.70. The molecule has 0 spiro atoms. The van der Waals surface area contributed by atoms with Gasteiger partial charge in [-0.1, -0.05) is 12.1 Å². The molecule has 0 saturated heterocycles. The minimum Gasteiger partial charge on any atom is -0.497 e. The van der Waals surface area contributed by atoms with Crippen molar-refractivity contribution in [2.45, 2.75) is 19.1 Å². The Morgan fingerprint density at radius 2 is 1.93 bits per heavy atom. The van der Waals surface area contributed by atoms with Gasteiger partial charge in [0.05, 0.1) is 24.1 Å². The number of hydrogen-bond donors (Lipinski definition) is 1. The summed E-state index contributed by atoms with van der Waals surface area (Å²) in [5.41, 5.74) is 0.963. The van der Waals surface area contributed by atoms with E-state index in [1.807, 2.05) is 12.1 Å². The highest BCUT2D eigenvalue weighted by Gasteiger charge is 2.33. The van der Waals surface area contributed by atoms with Gasteiger partial charge in [0.25, 0.3) is 0 Å². The molecule has 1 aliphatic heterocycles. The molecule has 3 aromatic rings. The number of benzene rings is 2. The van der Waals surface area contributed by atoms with Crippen LogP contribution in [0.2, 0.25) is 0 Å². The number of methoxy groups -OCH3 is 1. The van der Waals surface area contributed by atoms with Crippen LogP contribution in [0.5, 0.6) is 5.75 Å². The van der Waals surface area contributed by atoms with Crippen LogP contribution in [-0.4, -0.2) is 16.7 Å². The fraction of sp³-hybridized carbons (Fsp3) is 0.200. The minimum absolute atomic E-state index is 0.0663. The van der Waals surface area contributed by atoms with Gasteiger partial charge in [-0.2, -0.15) is 18.2 Å². The first kappa shape index (κ1) is 18.1. The van der Waals surface area contributed by atoms with E-state index in [9.17, 15) is 18.0 Å². The van der Waals surface area contributed by atoms with Gasteiger partial charge in [0.2, 0.25) is 0 Å². The molecule has 2 heterocycles. The van der Waals surface area contributed by atoms with E-state index < -0.39 is 17.4 Å². The maximum Gasteiger partial charge on any atom is 0.418 e. The Hall–Kier alpha value is -3.29. The lowest BCUT2D eigenvalue weighted by atomic mass is 9.97. The Morgan fingerprint density at radius 1 is 1.14 bits per heavy atom. The zero-order chi connectivity index (χ0) is 19.9. The molecule has 1 N–H and O–H groups in total. The van der Waals surface area contributed by atoms with Gasteiger partial charge in [-0.25, -0.2) is 4.79 Å². The van der Waals surface area contributed by atoms with E-state index in [-0.39, 0.29) is 11.5 Å². The van der Waals surface area contributed by atoms with Crippen LogP contribution in [0.3, 0.4) is 0 Å². The molecule has 0 atom stereocenters. The highest BCUT2D eigenvalue weighted by molar-refractivity contribution is 5.71. The summed E-state index contributed by atoms with van der Waals surface area (Å²) in [6.45, 7) is 0.445. The predicted molar refractivity (Wildman–Crippen MR) is 98.9 cm³/mol. The van der Waals surface area contributed by atoms with Crippen molar-refractivity contribution in [2.24, 2.45) is 0 Å². The summed E-state index contributed by atoms with van der Waals surface area (Å²) in [4.78, 5) is 16.4. The van der Waals surface area contributed by atoms with E-state index in [2.05, 4.69) is 10.3 Å². The van der Waals surface area contributed by atoms with Crippen molar-refractivity contribution in [3.8, 4) is 17.0 Å². The molecular formula is C20H16F3N3O2. The first-order valence-corrected chi connectivity index (χ1v) is 8.59. The molecule has 0 unspecified atom stereocenters. The Morgan fingerprint density at radius 3 is 2.68 bits per heavy atom. The summed E-state index contributed by atoms with van der Waals surface area (Å²) in [5.74, 6) is 0.776. The van der Waals surface area contributed by atoms with Gasteiger partial charge in [-0.05, 0) is 42.3 Å². The number of aromatic nitrogens is 2. The van der Waals surface area contributed by atoms with Crippen LogP contribution in [0, 0.1) is 0 Å². The van der Waals surface area contributed by atoms with Gasteiger partial charge < -0.3 is 10.1 Å². The molecule has 5 nitrogen and oxygen atoms in total. The third kappa shape index (κ3) is 3.21. The standard InChI is InChI=1S/C20H16F3N3O2/c1-28-13-6-7-14-12(10-13)8-9-26-17(14)11-18(25-19(26)27)24-16-5-3-2-4-15(16)20(21,22)23/h2-7,10-11H,8-9H2,1H3,(H,24,25,27). The van der Waals surface area contributed by atoms with Crippen molar-refractivity contribution >= 4 is 11.5 Å². The lowest BCUT2D eigenvalue weighted by Gasteiger charge is -2.22. The fourth-order valence-corrected chi connectivity index (χ4v) is 3.37. The van der Waals surface area contributed by atoms with Crippen LogP contribution < -0.4 is 15.7 Å². The molecule has 0 saturated carbocycles. The second-order valence-electron chi connectivity index (χ2n) is 6.40. The lowest BCUT2D eigenvalue weighted by Crippen LogP contribution is -2.28. The number of rotatable bonds is 3. The number of nitrogens with zero attached hydrogens (tertiary/aromatic N) is 2. The van der Waals surface area contributed by atoms with Crippen molar-refractivity contribution in [1.82, 2.24) is 9.55 Å². The number of aryl methyl sites for hydroxylation is 1. The van der Waals surface area contributed by atoms with Crippen molar-refractivity contribution < 1.29 is 17.9 Å². The molecule has 0 aliphatic carbocycles. The number of halogens is 3. The molecule has 28 heavy (non-hydrogen) atoms. The van der Waals surface area contributed by atoms with Crippen LogP contribution >= 0.6 is 0 Å². The largest absolute Gasteiger partial charge is 0.497 e. The summed E-state index contributed by atoms with van der Waals surface area (Å²) < 4.78 is 46.5. The lowest BCUT2D eigenvalue weighted by molar-refractivity contribution is -0.136. The minimum atomic E-state index is -4.52. The SMILES string of the molecule is COc1ccc2c(c1)CCn1c-2cc(Nc2ccccc2C(F)(F)F)nc1=O. The van der Waals surface area contributed by atoms with Gasteiger partial charge >= 0.3 is 11.9 Å². The quantitative estimate of drug-likeness (QED) is 0.731. The molecule has 1 aromatic heterocycles. The summed E-state index contributed by atoms with van der Waals surface area (Å²) in [6.07, 6.45) is -3.87. The van der Waals surface area contributed by atoms with Gasteiger partial charge in [0.1, 0.15) is 11.6 Å². The van der Waals surface area contributed by atoms with Crippen molar-refractivity contribution in [3.05, 3.63) is 70.1 Å². The van der Waals surface area contributed by atoms with Crippen LogP contribution in [0.25, 0.3) is 11.3 Å². The number of nitrogens with one attached hydrogen (secondary N) is 1. The number of ether oxygens (including phenoxy) is 1. The molecule has 144 valence electrons. The topological polar surface area (TPSA) is 56.1 Å². The fourth-order valence-electron chi connectivity index (χ4n) is 3.37. The number of fused-ring (bicyclic) bond motifs is 3. The number of hydrogen-bond acceptors (Lipinski definition) is 4. The van der Waals surface area contributed by atoms with Crippen LogP contribution in [0.15, 0.2) is 53.3 Å². The maximum atomic E-state index is 13.2. The van der Waals surface area contributed by atoms with Crippen LogP contribution in [-0.2, 0) is 19.1 Å². The summed E-state index contributed by atoms with van der Waals surface area (Å²) in [5, 5.41) is 2.65. The average Bonchev–Trinajstić information content (AvgIpc) is 2.67. The highest BCUT2D eigenvalue weighted by atomic mass is 19.4. The number of anilines is 2. The normalized spacial score (nSPS) is 12.9. The number of para-hydroxylation sites is 1. The van der Waals surface area contributed by atoms with E-state index in [1.165, 1.54) is 22.8 Å². The molecule has 0 radical (unpaired) electrons.